The predicted octanol–water partition coefficient (Wildman–Crippen LogP) is 3.09. The molecule has 0 saturated carbocycles. The number of H-pyrrole nitrogens is 1. The van der Waals surface area contributed by atoms with Gasteiger partial charge in [0.05, 0.1) is 0 Å². The number of para-hydroxylation sites is 1. The number of hydrogen-bond acceptors (Lipinski definition) is 2. The summed E-state index contributed by atoms with van der Waals surface area (Å²) in [6, 6.07) is 9.21. The lowest BCUT2D eigenvalue weighted by molar-refractivity contribution is 0.377. The summed E-state index contributed by atoms with van der Waals surface area (Å²) >= 11 is 0. The van der Waals surface area contributed by atoms with Gasteiger partial charge in [0.1, 0.15) is 0 Å². The molecule has 1 aromatic carbocycles. The van der Waals surface area contributed by atoms with Crippen LogP contribution in [0.3, 0.4) is 0 Å². The third-order valence-electron chi connectivity index (χ3n) is 4.29. The molecule has 0 bridgehead atoms. The van der Waals surface area contributed by atoms with E-state index >= 15 is 0 Å². The van der Waals surface area contributed by atoms with Gasteiger partial charge in [0.2, 0.25) is 0 Å². The number of nitrogens with one attached hydrogen (secondary N) is 2. The van der Waals surface area contributed by atoms with Crippen LogP contribution in [-0.2, 0) is 6.42 Å². The molecule has 0 aliphatic heterocycles. The second kappa shape index (κ2) is 5.98. The summed E-state index contributed by atoms with van der Waals surface area (Å²) in [5.41, 5.74) is 4.26. The molecule has 1 heterocycles. The van der Waals surface area contributed by atoms with Crippen molar-refractivity contribution in [1.82, 2.24) is 15.2 Å². The van der Waals surface area contributed by atoms with Crippen LogP contribution in [0.4, 0.5) is 0 Å². The fourth-order valence-corrected chi connectivity index (χ4v) is 3.29. The summed E-state index contributed by atoms with van der Waals surface area (Å²) in [5.74, 6) is 0. The van der Waals surface area contributed by atoms with Gasteiger partial charge in [-0.3, -0.25) is 0 Å². The van der Waals surface area contributed by atoms with Gasteiger partial charge in [0.25, 0.3) is 0 Å². The minimum Gasteiger partial charge on any atom is -0.357 e. The molecule has 20 heavy (non-hydrogen) atoms. The molecule has 108 valence electrons. The lowest BCUT2D eigenvalue weighted by Gasteiger charge is -2.24. The molecule has 2 aromatic rings. The smallest absolute Gasteiger partial charge is 0.0476 e. The van der Waals surface area contributed by atoms with Gasteiger partial charge in [-0.2, -0.15) is 0 Å². The molecule has 0 radical (unpaired) electrons. The molecule has 3 heteroatoms. The van der Waals surface area contributed by atoms with E-state index in [4.69, 9.17) is 0 Å². The number of aromatic amines is 1. The van der Waals surface area contributed by atoms with E-state index in [9.17, 15) is 0 Å². The van der Waals surface area contributed by atoms with Crippen molar-refractivity contribution < 1.29 is 0 Å². The highest BCUT2D eigenvalue weighted by atomic mass is 15.1. The Morgan fingerprint density at radius 2 is 2.15 bits per heavy atom. The van der Waals surface area contributed by atoms with Gasteiger partial charge < -0.3 is 15.2 Å². The highest BCUT2D eigenvalue weighted by molar-refractivity contribution is 5.85. The second-order valence-electron chi connectivity index (χ2n) is 6.12. The maximum Gasteiger partial charge on any atom is 0.0476 e. The van der Waals surface area contributed by atoms with E-state index in [1.807, 2.05) is 0 Å². The Morgan fingerprint density at radius 1 is 1.30 bits per heavy atom. The van der Waals surface area contributed by atoms with Gasteiger partial charge in [-0.05, 0) is 64.5 Å². The van der Waals surface area contributed by atoms with Crippen molar-refractivity contribution in [2.45, 2.75) is 31.7 Å². The first-order valence-corrected chi connectivity index (χ1v) is 7.73. The van der Waals surface area contributed by atoms with Crippen LogP contribution >= 0.6 is 0 Å². The number of aryl methyl sites for hydroxylation is 1. The fraction of sp³-hybridized carbons (Fsp3) is 0.529. The first-order valence-electron chi connectivity index (χ1n) is 7.73. The molecule has 1 aliphatic rings. The summed E-state index contributed by atoms with van der Waals surface area (Å²) in [6.45, 7) is 2.25. The molecular formula is C17H25N3. The molecule has 0 amide bonds. The van der Waals surface area contributed by atoms with Crippen molar-refractivity contribution in [2.24, 2.45) is 0 Å². The van der Waals surface area contributed by atoms with E-state index in [0.29, 0.717) is 6.04 Å². The SMILES string of the molecule is CN(C)CCCNC1CCCc2c1[nH]c1ccccc21. The third-order valence-corrected chi connectivity index (χ3v) is 4.29. The van der Waals surface area contributed by atoms with E-state index < -0.39 is 0 Å². The largest absolute Gasteiger partial charge is 0.357 e. The normalized spacial score (nSPS) is 18.6. The van der Waals surface area contributed by atoms with Crippen molar-refractivity contribution >= 4 is 10.9 Å². The topological polar surface area (TPSA) is 31.1 Å². The predicted molar refractivity (Wildman–Crippen MR) is 85.2 cm³/mol. The van der Waals surface area contributed by atoms with Crippen molar-refractivity contribution in [1.29, 1.82) is 0 Å². The molecule has 3 rings (SSSR count). The first kappa shape index (κ1) is 13.7. The zero-order valence-corrected chi connectivity index (χ0v) is 12.6. The van der Waals surface area contributed by atoms with Crippen LogP contribution in [0.2, 0.25) is 0 Å². The highest BCUT2D eigenvalue weighted by Crippen LogP contribution is 2.34. The van der Waals surface area contributed by atoms with E-state index in [1.165, 1.54) is 47.8 Å². The Bertz CT molecular complexity index is 571. The number of nitrogens with zero attached hydrogens (tertiary/aromatic N) is 1. The maximum absolute atomic E-state index is 3.74. The Morgan fingerprint density at radius 3 is 3.00 bits per heavy atom. The van der Waals surface area contributed by atoms with Crippen LogP contribution < -0.4 is 5.32 Å². The van der Waals surface area contributed by atoms with Gasteiger partial charge in [0.15, 0.2) is 0 Å². The standard InChI is InChI=1S/C17H25N3/c1-20(2)12-6-11-18-16-10-5-8-14-13-7-3-4-9-15(13)19-17(14)16/h3-4,7,9,16,18-19H,5-6,8,10-12H2,1-2H3. The summed E-state index contributed by atoms with van der Waals surface area (Å²) < 4.78 is 0. The van der Waals surface area contributed by atoms with Crippen LogP contribution in [-0.4, -0.2) is 37.1 Å². The molecule has 1 atom stereocenters. The number of hydrogen-bond donors (Lipinski definition) is 2. The first-order chi connectivity index (χ1) is 9.75. The van der Waals surface area contributed by atoms with Crippen molar-refractivity contribution in [3.63, 3.8) is 0 Å². The second-order valence-corrected chi connectivity index (χ2v) is 6.12. The van der Waals surface area contributed by atoms with Crippen LogP contribution in [0.5, 0.6) is 0 Å². The van der Waals surface area contributed by atoms with Crippen molar-refractivity contribution in [3.05, 3.63) is 35.5 Å². The Balaban J connectivity index is 1.73. The maximum atomic E-state index is 3.74. The molecule has 0 spiro atoms. The Hall–Kier alpha value is -1.32. The number of aromatic nitrogens is 1. The molecule has 1 aliphatic carbocycles. The lowest BCUT2D eigenvalue weighted by atomic mass is 9.91. The minimum absolute atomic E-state index is 0.508. The van der Waals surface area contributed by atoms with Crippen molar-refractivity contribution in [3.8, 4) is 0 Å². The van der Waals surface area contributed by atoms with E-state index in [-0.39, 0.29) is 0 Å². The number of rotatable bonds is 5. The average molecular weight is 271 g/mol. The van der Waals surface area contributed by atoms with E-state index in [0.717, 1.165) is 13.1 Å². The summed E-state index contributed by atoms with van der Waals surface area (Å²) in [7, 11) is 4.27. The molecule has 0 saturated heterocycles. The summed E-state index contributed by atoms with van der Waals surface area (Å²) in [6.07, 6.45) is 4.97. The zero-order chi connectivity index (χ0) is 13.9. The van der Waals surface area contributed by atoms with Crippen LogP contribution in [0, 0.1) is 0 Å². The number of benzene rings is 1. The van der Waals surface area contributed by atoms with Gasteiger partial charge in [-0.15, -0.1) is 0 Å². The Labute approximate surface area is 121 Å². The molecule has 1 aromatic heterocycles. The average Bonchev–Trinajstić information content (AvgIpc) is 2.83. The monoisotopic (exact) mass is 271 g/mol. The van der Waals surface area contributed by atoms with Crippen molar-refractivity contribution in [2.75, 3.05) is 27.2 Å². The third kappa shape index (κ3) is 2.74. The molecule has 2 N–H and O–H groups in total. The minimum atomic E-state index is 0.508. The van der Waals surface area contributed by atoms with Crippen LogP contribution in [0.25, 0.3) is 10.9 Å². The molecule has 3 nitrogen and oxygen atoms in total. The zero-order valence-electron chi connectivity index (χ0n) is 12.6. The van der Waals surface area contributed by atoms with Gasteiger partial charge in [-0.25, -0.2) is 0 Å². The Kier molecular flexibility index (Phi) is 4.08. The lowest BCUT2D eigenvalue weighted by Crippen LogP contribution is -2.28. The fourth-order valence-electron chi connectivity index (χ4n) is 3.29. The molecular weight excluding hydrogens is 246 g/mol. The van der Waals surface area contributed by atoms with Gasteiger partial charge in [0, 0.05) is 22.6 Å². The van der Waals surface area contributed by atoms with Gasteiger partial charge in [-0.1, -0.05) is 18.2 Å². The summed E-state index contributed by atoms with van der Waals surface area (Å²) in [4.78, 5) is 5.89. The number of fused-ring (bicyclic) bond motifs is 3. The van der Waals surface area contributed by atoms with Gasteiger partial charge >= 0.3 is 0 Å². The summed E-state index contributed by atoms with van der Waals surface area (Å²) in [5, 5.41) is 5.15. The molecule has 0 fully saturated rings. The van der Waals surface area contributed by atoms with E-state index in [2.05, 4.69) is 53.6 Å². The van der Waals surface area contributed by atoms with Crippen LogP contribution in [0.15, 0.2) is 24.3 Å². The highest BCUT2D eigenvalue weighted by Gasteiger charge is 2.23. The quantitative estimate of drug-likeness (QED) is 0.819. The van der Waals surface area contributed by atoms with Crippen LogP contribution in [0.1, 0.15) is 36.6 Å². The molecule has 1 unspecified atom stereocenters. The van der Waals surface area contributed by atoms with E-state index in [1.54, 1.807) is 0 Å².